The molecule has 1 aromatic rings. The molecule has 2 nitrogen and oxygen atoms in total. The second kappa shape index (κ2) is 8.11. The number of hydrogen-bond donors (Lipinski definition) is 0. The summed E-state index contributed by atoms with van der Waals surface area (Å²) < 4.78 is 23.4. The Hall–Kier alpha value is -1.09. The van der Waals surface area contributed by atoms with Crippen molar-refractivity contribution >= 4 is 0 Å². The molecular weight excluding hydrogens is 207 g/mol. The van der Waals surface area contributed by atoms with Crippen molar-refractivity contribution in [2.45, 2.75) is 26.2 Å². The zero-order chi connectivity index (χ0) is 11.6. The van der Waals surface area contributed by atoms with Gasteiger partial charge in [0.2, 0.25) is 0 Å². The monoisotopic (exact) mass is 226 g/mol. The molecule has 3 heteroatoms. The predicted octanol–water partition coefficient (Wildman–Crippen LogP) is 3.41. The van der Waals surface area contributed by atoms with E-state index in [0.717, 1.165) is 32.5 Å². The predicted molar refractivity (Wildman–Crippen MR) is 62.2 cm³/mol. The van der Waals surface area contributed by atoms with Gasteiger partial charge in [-0.25, -0.2) is 4.39 Å². The molecule has 0 spiro atoms. The third kappa shape index (κ3) is 5.71. The highest BCUT2D eigenvalue weighted by molar-refractivity contribution is 5.22. The van der Waals surface area contributed by atoms with Gasteiger partial charge in [-0.1, -0.05) is 6.07 Å². The molecule has 0 unspecified atom stereocenters. The first kappa shape index (κ1) is 13.0. The van der Waals surface area contributed by atoms with Crippen LogP contribution in [-0.2, 0) is 4.74 Å². The standard InChI is InChI=1S/C13H19FO2/c1-2-15-9-4-3-5-10-16-13-8-6-7-12(14)11-13/h6-8,11H,2-5,9-10H2,1H3. The highest BCUT2D eigenvalue weighted by Gasteiger charge is 1.95. The highest BCUT2D eigenvalue weighted by Crippen LogP contribution is 2.12. The smallest absolute Gasteiger partial charge is 0.126 e. The molecule has 0 saturated carbocycles. The van der Waals surface area contributed by atoms with Gasteiger partial charge in [-0.05, 0) is 38.3 Å². The van der Waals surface area contributed by atoms with Crippen molar-refractivity contribution in [3.8, 4) is 5.75 Å². The van der Waals surface area contributed by atoms with Crippen LogP contribution in [0.1, 0.15) is 26.2 Å². The van der Waals surface area contributed by atoms with Gasteiger partial charge in [0.15, 0.2) is 0 Å². The first-order valence-corrected chi connectivity index (χ1v) is 5.79. The molecule has 0 heterocycles. The maximum Gasteiger partial charge on any atom is 0.126 e. The van der Waals surface area contributed by atoms with E-state index in [1.165, 1.54) is 12.1 Å². The van der Waals surface area contributed by atoms with E-state index in [4.69, 9.17) is 9.47 Å². The molecule has 0 radical (unpaired) electrons. The molecule has 0 N–H and O–H groups in total. The summed E-state index contributed by atoms with van der Waals surface area (Å²) in [5.74, 6) is 0.346. The van der Waals surface area contributed by atoms with E-state index >= 15 is 0 Å². The summed E-state index contributed by atoms with van der Waals surface area (Å²) in [6.07, 6.45) is 3.11. The minimum absolute atomic E-state index is 0.256. The Morgan fingerprint density at radius 3 is 2.69 bits per heavy atom. The van der Waals surface area contributed by atoms with Crippen LogP contribution in [0.4, 0.5) is 4.39 Å². The second-order valence-corrected chi connectivity index (χ2v) is 3.56. The Kier molecular flexibility index (Phi) is 6.58. The number of unbranched alkanes of at least 4 members (excludes halogenated alkanes) is 2. The van der Waals surface area contributed by atoms with Gasteiger partial charge in [-0.2, -0.15) is 0 Å². The summed E-state index contributed by atoms with van der Waals surface area (Å²) in [7, 11) is 0. The van der Waals surface area contributed by atoms with Gasteiger partial charge in [0.05, 0.1) is 6.61 Å². The Balaban J connectivity index is 2.03. The molecule has 1 aromatic carbocycles. The zero-order valence-electron chi connectivity index (χ0n) is 9.75. The normalized spacial score (nSPS) is 10.4. The third-order valence-corrected chi connectivity index (χ3v) is 2.20. The summed E-state index contributed by atoms with van der Waals surface area (Å²) in [5.41, 5.74) is 0. The van der Waals surface area contributed by atoms with Crippen LogP contribution in [0.5, 0.6) is 5.75 Å². The van der Waals surface area contributed by atoms with Crippen LogP contribution >= 0.6 is 0 Å². The van der Waals surface area contributed by atoms with Crippen LogP contribution in [0.15, 0.2) is 24.3 Å². The molecule has 16 heavy (non-hydrogen) atoms. The fourth-order valence-corrected chi connectivity index (χ4v) is 1.37. The topological polar surface area (TPSA) is 18.5 Å². The van der Waals surface area contributed by atoms with Gasteiger partial charge >= 0.3 is 0 Å². The Morgan fingerprint density at radius 1 is 1.12 bits per heavy atom. The summed E-state index contributed by atoms with van der Waals surface area (Å²) in [6.45, 7) is 4.22. The van der Waals surface area contributed by atoms with E-state index in [9.17, 15) is 4.39 Å². The van der Waals surface area contributed by atoms with Gasteiger partial charge in [-0.15, -0.1) is 0 Å². The molecule has 0 atom stereocenters. The molecule has 0 bridgehead atoms. The van der Waals surface area contributed by atoms with Crippen LogP contribution < -0.4 is 4.74 Å². The number of halogens is 1. The van der Waals surface area contributed by atoms with E-state index in [-0.39, 0.29) is 5.82 Å². The Morgan fingerprint density at radius 2 is 1.94 bits per heavy atom. The van der Waals surface area contributed by atoms with Crippen molar-refractivity contribution < 1.29 is 13.9 Å². The van der Waals surface area contributed by atoms with E-state index in [2.05, 4.69) is 0 Å². The van der Waals surface area contributed by atoms with Crippen molar-refractivity contribution in [1.82, 2.24) is 0 Å². The minimum Gasteiger partial charge on any atom is -0.493 e. The summed E-state index contributed by atoms with van der Waals surface area (Å²) >= 11 is 0. The van der Waals surface area contributed by atoms with Crippen molar-refractivity contribution in [1.29, 1.82) is 0 Å². The number of rotatable bonds is 8. The van der Waals surface area contributed by atoms with Gasteiger partial charge < -0.3 is 9.47 Å². The lowest BCUT2D eigenvalue weighted by Gasteiger charge is -2.06. The number of benzene rings is 1. The lowest BCUT2D eigenvalue weighted by Crippen LogP contribution is -1.99. The first-order valence-electron chi connectivity index (χ1n) is 5.79. The van der Waals surface area contributed by atoms with E-state index in [1.54, 1.807) is 12.1 Å². The Labute approximate surface area is 96.4 Å². The molecule has 1 rings (SSSR count). The van der Waals surface area contributed by atoms with Gasteiger partial charge in [-0.3, -0.25) is 0 Å². The Bertz CT molecular complexity index is 289. The number of ether oxygens (including phenoxy) is 2. The van der Waals surface area contributed by atoms with Gasteiger partial charge in [0, 0.05) is 19.3 Å². The lowest BCUT2D eigenvalue weighted by molar-refractivity contribution is 0.141. The van der Waals surface area contributed by atoms with Crippen LogP contribution in [-0.4, -0.2) is 19.8 Å². The molecule has 0 aromatic heterocycles. The van der Waals surface area contributed by atoms with Crippen molar-refractivity contribution in [3.63, 3.8) is 0 Å². The van der Waals surface area contributed by atoms with Crippen LogP contribution in [0, 0.1) is 5.82 Å². The van der Waals surface area contributed by atoms with Crippen LogP contribution in [0.3, 0.4) is 0 Å². The molecule has 0 amide bonds. The maximum absolute atomic E-state index is 12.8. The zero-order valence-corrected chi connectivity index (χ0v) is 9.75. The molecule has 90 valence electrons. The summed E-state index contributed by atoms with van der Waals surface area (Å²) in [4.78, 5) is 0. The summed E-state index contributed by atoms with van der Waals surface area (Å²) in [6, 6.07) is 6.23. The molecule has 0 aliphatic rings. The van der Waals surface area contributed by atoms with Gasteiger partial charge in [0.25, 0.3) is 0 Å². The summed E-state index contributed by atoms with van der Waals surface area (Å²) in [5, 5.41) is 0. The lowest BCUT2D eigenvalue weighted by atomic mass is 10.2. The number of hydrogen-bond acceptors (Lipinski definition) is 2. The maximum atomic E-state index is 12.8. The second-order valence-electron chi connectivity index (χ2n) is 3.56. The molecule has 0 aliphatic heterocycles. The van der Waals surface area contributed by atoms with E-state index < -0.39 is 0 Å². The quantitative estimate of drug-likeness (QED) is 0.632. The highest BCUT2D eigenvalue weighted by atomic mass is 19.1. The van der Waals surface area contributed by atoms with Gasteiger partial charge in [0.1, 0.15) is 11.6 Å². The SMILES string of the molecule is CCOCCCCCOc1cccc(F)c1. The molecular formula is C13H19FO2. The third-order valence-electron chi connectivity index (χ3n) is 2.20. The van der Waals surface area contributed by atoms with Crippen molar-refractivity contribution in [2.24, 2.45) is 0 Å². The molecule has 0 fully saturated rings. The fourth-order valence-electron chi connectivity index (χ4n) is 1.37. The first-order chi connectivity index (χ1) is 7.83. The van der Waals surface area contributed by atoms with Crippen molar-refractivity contribution in [3.05, 3.63) is 30.1 Å². The van der Waals surface area contributed by atoms with E-state index in [1.807, 2.05) is 6.92 Å². The largest absolute Gasteiger partial charge is 0.493 e. The average molecular weight is 226 g/mol. The van der Waals surface area contributed by atoms with Crippen LogP contribution in [0.2, 0.25) is 0 Å². The minimum atomic E-state index is -0.256. The fraction of sp³-hybridized carbons (Fsp3) is 0.538. The molecule has 0 saturated heterocycles. The van der Waals surface area contributed by atoms with E-state index in [0.29, 0.717) is 12.4 Å². The van der Waals surface area contributed by atoms with Crippen molar-refractivity contribution in [2.75, 3.05) is 19.8 Å². The van der Waals surface area contributed by atoms with Crippen LogP contribution in [0.25, 0.3) is 0 Å². The average Bonchev–Trinajstić information content (AvgIpc) is 2.28. The molecule has 0 aliphatic carbocycles.